The molecule has 0 N–H and O–H groups in total. The second-order valence-electron chi connectivity index (χ2n) is 8.29. The number of carbonyl (C=O) groups is 1. The van der Waals surface area contributed by atoms with Crippen LogP contribution in [0.3, 0.4) is 0 Å². The van der Waals surface area contributed by atoms with Crippen molar-refractivity contribution in [3.8, 4) is 0 Å². The third-order valence-electron chi connectivity index (χ3n) is 5.49. The van der Waals surface area contributed by atoms with Gasteiger partial charge in [-0.3, -0.25) is 0 Å². The molecule has 1 unspecified atom stereocenters. The van der Waals surface area contributed by atoms with Gasteiger partial charge in [-0.05, 0) is 73.1 Å². The van der Waals surface area contributed by atoms with Crippen LogP contribution in [0.5, 0.6) is 0 Å². The van der Waals surface area contributed by atoms with Crippen LogP contribution in [0.1, 0.15) is 79.6 Å². The maximum absolute atomic E-state index is 12.0. The minimum absolute atomic E-state index is 0.0908. The molecule has 1 fully saturated rings. The molecule has 0 radical (unpaired) electrons. The number of hydrogen-bond donors (Lipinski definition) is 0. The van der Waals surface area contributed by atoms with Crippen LogP contribution in [0.4, 0.5) is 0 Å². The zero-order chi connectivity index (χ0) is 19.8. The van der Waals surface area contributed by atoms with Crippen molar-refractivity contribution in [2.24, 2.45) is 0 Å². The van der Waals surface area contributed by atoms with E-state index in [1.54, 1.807) is 0 Å². The molecular formula is C24H37NO2. The summed E-state index contributed by atoms with van der Waals surface area (Å²) in [5.74, 6) is -0.136. The highest BCUT2D eigenvalue weighted by Crippen LogP contribution is 2.31. The van der Waals surface area contributed by atoms with Crippen LogP contribution < -0.4 is 0 Å². The monoisotopic (exact) mass is 371 g/mol. The Bertz CT molecular complexity index is 641. The van der Waals surface area contributed by atoms with E-state index in [0.29, 0.717) is 0 Å². The molecule has 2 aliphatic rings. The molecule has 2 rings (SSSR count). The average Bonchev–Trinajstić information content (AvgIpc) is 3.21. The van der Waals surface area contributed by atoms with Crippen molar-refractivity contribution in [2.45, 2.75) is 85.7 Å². The number of carbonyl (C=O) groups excluding carboxylic acids is 1. The zero-order valence-electron chi connectivity index (χ0n) is 17.9. The molecule has 1 atom stereocenters. The highest BCUT2D eigenvalue weighted by molar-refractivity contribution is 5.91. The Kier molecular flexibility index (Phi) is 8.40. The summed E-state index contributed by atoms with van der Waals surface area (Å²) in [7, 11) is 0. The van der Waals surface area contributed by atoms with E-state index in [9.17, 15) is 4.79 Å². The van der Waals surface area contributed by atoms with E-state index < -0.39 is 0 Å². The van der Waals surface area contributed by atoms with Crippen molar-refractivity contribution in [3.05, 3.63) is 46.2 Å². The summed E-state index contributed by atoms with van der Waals surface area (Å²) >= 11 is 0. The van der Waals surface area contributed by atoms with Crippen LogP contribution in [-0.2, 0) is 9.53 Å². The minimum atomic E-state index is -0.136. The number of esters is 1. The summed E-state index contributed by atoms with van der Waals surface area (Å²) in [6.45, 7) is 12.7. The molecular weight excluding hydrogens is 334 g/mol. The van der Waals surface area contributed by atoms with Crippen molar-refractivity contribution >= 4 is 5.97 Å². The number of likely N-dealkylation sites (tertiary alicyclic amines) is 1. The highest BCUT2D eigenvalue weighted by atomic mass is 16.5. The van der Waals surface area contributed by atoms with E-state index in [1.807, 2.05) is 6.92 Å². The maximum Gasteiger partial charge on any atom is 0.336 e. The third kappa shape index (κ3) is 6.71. The summed E-state index contributed by atoms with van der Waals surface area (Å²) in [5, 5.41) is 0. The summed E-state index contributed by atoms with van der Waals surface area (Å²) in [5.41, 5.74) is 6.19. The number of rotatable bonds is 9. The lowest BCUT2D eigenvalue weighted by molar-refractivity contribution is -0.139. The number of ether oxygens (including phenoxy) is 1. The largest absolute Gasteiger partial charge is 0.452 e. The fraction of sp³-hybridized carbons (Fsp3) is 0.625. The van der Waals surface area contributed by atoms with Crippen LogP contribution in [0, 0.1) is 0 Å². The summed E-state index contributed by atoms with van der Waals surface area (Å²) < 4.78 is 5.64. The van der Waals surface area contributed by atoms with Crippen LogP contribution in [0.25, 0.3) is 0 Å². The van der Waals surface area contributed by atoms with Gasteiger partial charge in [0.05, 0.1) is 11.3 Å². The Morgan fingerprint density at radius 2 is 1.59 bits per heavy atom. The Hall–Kier alpha value is -1.77. The molecule has 0 amide bonds. The second-order valence-corrected chi connectivity index (χ2v) is 8.29. The van der Waals surface area contributed by atoms with Crippen LogP contribution in [0.15, 0.2) is 46.2 Å². The van der Waals surface area contributed by atoms with Crippen molar-refractivity contribution in [1.82, 2.24) is 4.90 Å². The summed E-state index contributed by atoms with van der Waals surface area (Å²) in [4.78, 5) is 14.4. The van der Waals surface area contributed by atoms with Crippen LogP contribution in [0.2, 0.25) is 0 Å². The van der Waals surface area contributed by atoms with Crippen LogP contribution >= 0.6 is 0 Å². The molecule has 0 spiro atoms. The van der Waals surface area contributed by atoms with Gasteiger partial charge in [-0.1, -0.05) is 34.9 Å². The lowest BCUT2D eigenvalue weighted by atomic mass is 10.0. The Balaban J connectivity index is 1.82. The number of hydrogen-bond acceptors (Lipinski definition) is 3. The van der Waals surface area contributed by atoms with Gasteiger partial charge in [0.1, 0.15) is 6.10 Å². The number of nitrogens with zero attached hydrogens (tertiary/aromatic N) is 1. The second kappa shape index (κ2) is 10.5. The molecule has 0 aliphatic carbocycles. The molecule has 150 valence electrons. The van der Waals surface area contributed by atoms with Crippen molar-refractivity contribution in [2.75, 3.05) is 13.1 Å². The molecule has 2 heterocycles. The van der Waals surface area contributed by atoms with E-state index in [0.717, 1.165) is 56.5 Å². The minimum Gasteiger partial charge on any atom is -0.452 e. The van der Waals surface area contributed by atoms with Gasteiger partial charge < -0.3 is 9.64 Å². The van der Waals surface area contributed by atoms with E-state index >= 15 is 0 Å². The molecule has 0 bridgehead atoms. The van der Waals surface area contributed by atoms with Gasteiger partial charge in [-0.15, -0.1) is 0 Å². The van der Waals surface area contributed by atoms with Crippen LogP contribution in [-0.4, -0.2) is 30.1 Å². The SMILES string of the molecule is CC(C)=CCCC(C)=CCCC(C)=CCC1OC(=O)C(C)=C1N1CCCC1. The molecule has 3 nitrogen and oxygen atoms in total. The zero-order valence-corrected chi connectivity index (χ0v) is 17.9. The average molecular weight is 372 g/mol. The molecule has 2 aliphatic heterocycles. The first-order chi connectivity index (χ1) is 12.9. The molecule has 0 aromatic heterocycles. The standard InChI is InChI=1S/C24H37NO2/c1-18(2)10-8-11-19(3)12-9-13-20(4)14-15-22-23(21(5)24(26)27-22)25-16-6-7-17-25/h10,12,14,22H,6-9,11,13,15-17H2,1-5H3. The quantitative estimate of drug-likeness (QED) is 0.363. The van der Waals surface area contributed by atoms with Gasteiger partial charge in [0, 0.05) is 19.5 Å². The third-order valence-corrected chi connectivity index (χ3v) is 5.49. The molecule has 27 heavy (non-hydrogen) atoms. The molecule has 0 saturated carbocycles. The number of allylic oxidation sites excluding steroid dienone is 5. The van der Waals surface area contributed by atoms with Crippen molar-refractivity contribution in [3.63, 3.8) is 0 Å². The van der Waals surface area contributed by atoms with Gasteiger partial charge in [-0.25, -0.2) is 4.79 Å². The predicted molar refractivity (Wildman–Crippen MR) is 113 cm³/mol. The Morgan fingerprint density at radius 3 is 2.22 bits per heavy atom. The molecule has 1 saturated heterocycles. The molecule has 3 heteroatoms. The van der Waals surface area contributed by atoms with Gasteiger partial charge >= 0.3 is 5.97 Å². The lowest BCUT2D eigenvalue weighted by Crippen LogP contribution is -2.26. The first-order valence-corrected chi connectivity index (χ1v) is 10.5. The Labute approximate surface area is 165 Å². The van der Waals surface area contributed by atoms with Gasteiger partial charge in [0.15, 0.2) is 0 Å². The topological polar surface area (TPSA) is 29.5 Å². The van der Waals surface area contributed by atoms with Gasteiger partial charge in [0.2, 0.25) is 0 Å². The lowest BCUT2D eigenvalue weighted by Gasteiger charge is -2.23. The van der Waals surface area contributed by atoms with E-state index in [-0.39, 0.29) is 12.1 Å². The molecule has 0 aromatic carbocycles. The van der Waals surface area contributed by atoms with Gasteiger partial charge in [-0.2, -0.15) is 0 Å². The molecule has 0 aromatic rings. The summed E-state index contributed by atoms with van der Waals surface area (Å²) in [6, 6.07) is 0. The fourth-order valence-corrected chi connectivity index (χ4v) is 3.83. The maximum atomic E-state index is 12.0. The Morgan fingerprint density at radius 1 is 1.00 bits per heavy atom. The fourth-order valence-electron chi connectivity index (χ4n) is 3.83. The van der Waals surface area contributed by atoms with Gasteiger partial charge in [0.25, 0.3) is 0 Å². The van der Waals surface area contributed by atoms with E-state index in [4.69, 9.17) is 4.74 Å². The first kappa shape index (κ1) is 21.5. The first-order valence-electron chi connectivity index (χ1n) is 10.5. The van der Waals surface area contributed by atoms with Crippen molar-refractivity contribution in [1.29, 1.82) is 0 Å². The smallest absolute Gasteiger partial charge is 0.336 e. The number of cyclic esters (lactones) is 1. The highest BCUT2D eigenvalue weighted by Gasteiger charge is 2.35. The normalized spacial score (nSPS) is 21.1. The predicted octanol–water partition coefficient (Wildman–Crippen LogP) is 6.09. The van der Waals surface area contributed by atoms with E-state index in [2.05, 4.69) is 50.8 Å². The summed E-state index contributed by atoms with van der Waals surface area (Å²) in [6.07, 6.45) is 14.5. The van der Waals surface area contributed by atoms with E-state index in [1.165, 1.54) is 29.6 Å². The van der Waals surface area contributed by atoms with Crippen molar-refractivity contribution < 1.29 is 9.53 Å².